The molecule has 1 aromatic heterocycles. The van der Waals surface area contributed by atoms with Gasteiger partial charge in [-0.2, -0.15) is 0 Å². The molecule has 2 aromatic rings. The van der Waals surface area contributed by atoms with E-state index in [4.69, 9.17) is 0 Å². The van der Waals surface area contributed by atoms with Gasteiger partial charge in [-0.15, -0.1) is 0 Å². The van der Waals surface area contributed by atoms with Crippen LogP contribution < -0.4 is 5.32 Å². The number of anilines is 1. The fourth-order valence-corrected chi connectivity index (χ4v) is 1.48. The van der Waals surface area contributed by atoms with Crippen LogP contribution in [0.25, 0.3) is 0 Å². The van der Waals surface area contributed by atoms with Crippen LogP contribution in [0.1, 0.15) is 16.8 Å². The number of nitrogens with zero attached hydrogens (tertiary/aromatic N) is 1. The van der Waals surface area contributed by atoms with Gasteiger partial charge in [0.1, 0.15) is 0 Å². The van der Waals surface area contributed by atoms with Gasteiger partial charge in [0, 0.05) is 24.1 Å². The van der Waals surface area contributed by atoms with Crippen LogP contribution in [-0.2, 0) is 6.54 Å². The Hall–Kier alpha value is -1.83. The van der Waals surface area contributed by atoms with Crippen LogP contribution in [0.3, 0.4) is 0 Å². The summed E-state index contributed by atoms with van der Waals surface area (Å²) < 4.78 is 0. The summed E-state index contributed by atoms with van der Waals surface area (Å²) in [5.74, 6) is 0. The third-order valence-corrected chi connectivity index (χ3v) is 2.52. The molecule has 1 N–H and O–H groups in total. The highest BCUT2D eigenvalue weighted by Gasteiger charge is 1.94. The lowest BCUT2D eigenvalue weighted by Gasteiger charge is -2.06. The third-order valence-electron chi connectivity index (χ3n) is 2.52. The Morgan fingerprint density at radius 2 is 1.75 bits per heavy atom. The predicted octanol–water partition coefficient (Wildman–Crippen LogP) is 3.31. The largest absolute Gasteiger partial charge is 0.381 e. The van der Waals surface area contributed by atoms with Crippen molar-refractivity contribution >= 4 is 5.69 Å². The molecule has 0 bridgehead atoms. The van der Waals surface area contributed by atoms with Gasteiger partial charge in [-0.1, -0.05) is 23.8 Å². The van der Waals surface area contributed by atoms with Crippen molar-refractivity contribution in [3.8, 4) is 0 Å². The molecule has 0 radical (unpaired) electrons. The zero-order valence-corrected chi connectivity index (χ0v) is 9.70. The summed E-state index contributed by atoms with van der Waals surface area (Å²) in [6.07, 6.45) is 1.91. The smallest absolute Gasteiger partial charge is 0.0416 e. The standard InChI is InChI=1S/C14H16N2/c1-11-3-7-14(8-4-11)16-10-13-6-5-12(2)15-9-13/h3-9,16H,10H2,1-2H3. The molecule has 0 atom stereocenters. The van der Waals surface area contributed by atoms with E-state index >= 15 is 0 Å². The van der Waals surface area contributed by atoms with Gasteiger partial charge in [0.25, 0.3) is 0 Å². The highest BCUT2D eigenvalue weighted by Crippen LogP contribution is 2.10. The van der Waals surface area contributed by atoms with Gasteiger partial charge < -0.3 is 5.32 Å². The molecule has 1 aromatic carbocycles. The maximum absolute atomic E-state index is 4.27. The third kappa shape index (κ3) is 2.83. The van der Waals surface area contributed by atoms with E-state index in [2.05, 4.69) is 47.6 Å². The van der Waals surface area contributed by atoms with Crippen LogP contribution in [0.2, 0.25) is 0 Å². The summed E-state index contributed by atoms with van der Waals surface area (Å²) in [5, 5.41) is 3.37. The molecule has 0 saturated heterocycles. The van der Waals surface area contributed by atoms with E-state index in [0.29, 0.717) is 0 Å². The maximum atomic E-state index is 4.27. The molecule has 2 nitrogen and oxygen atoms in total. The van der Waals surface area contributed by atoms with Crippen LogP contribution >= 0.6 is 0 Å². The van der Waals surface area contributed by atoms with Crippen molar-refractivity contribution in [1.82, 2.24) is 4.98 Å². The number of benzene rings is 1. The number of aryl methyl sites for hydroxylation is 2. The Kier molecular flexibility index (Phi) is 3.20. The Balaban J connectivity index is 1.97. The first-order chi connectivity index (χ1) is 7.74. The van der Waals surface area contributed by atoms with Crippen molar-refractivity contribution in [3.63, 3.8) is 0 Å². The summed E-state index contributed by atoms with van der Waals surface area (Å²) in [7, 11) is 0. The topological polar surface area (TPSA) is 24.9 Å². The lowest BCUT2D eigenvalue weighted by atomic mass is 10.2. The number of hydrogen-bond donors (Lipinski definition) is 1. The normalized spacial score (nSPS) is 10.1. The van der Waals surface area contributed by atoms with Crippen LogP contribution in [0.4, 0.5) is 5.69 Å². The van der Waals surface area contributed by atoms with Gasteiger partial charge in [-0.3, -0.25) is 4.98 Å². The van der Waals surface area contributed by atoms with Gasteiger partial charge >= 0.3 is 0 Å². The average molecular weight is 212 g/mol. The quantitative estimate of drug-likeness (QED) is 0.844. The van der Waals surface area contributed by atoms with Crippen molar-refractivity contribution in [2.45, 2.75) is 20.4 Å². The van der Waals surface area contributed by atoms with Gasteiger partial charge in [-0.25, -0.2) is 0 Å². The molecule has 0 fully saturated rings. The molecule has 16 heavy (non-hydrogen) atoms. The monoisotopic (exact) mass is 212 g/mol. The summed E-state index contributed by atoms with van der Waals surface area (Å²) in [5.41, 5.74) is 4.68. The number of hydrogen-bond acceptors (Lipinski definition) is 2. The SMILES string of the molecule is Cc1ccc(NCc2ccc(C)nc2)cc1. The Bertz CT molecular complexity index is 398. The molecule has 0 aliphatic heterocycles. The van der Waals surface area contributed by atoms with E-state index in [1.165, 1.54) is 11.1 Å². The minimum Gasteiger partial charge on any atom is -0.381 e. The Morgan fingerprint density at radius 1 is 1.00 bits per heavy atom. The van der Waals surface area contributed by atoms with E-state index in [1.807, 2.05) is 19.2 Å². The van der Waals surface area contributed by atoms with Gasteiger partial charge in [-0.05, 0) is 37.6 Å². The molecule has 0 unspecified atom stereocenters. The minimum atomic E-state index is 0.816. The fourth-order valence-electron chi connectivity index (χ4n) is 1.48. The highest BCUT2D eigenvalue weighted by atomic mass is 14.9. The molecule has 0 aliphatic rings. The Labute approximate surface area is 96.4 Å². The van der Waals surface area contributed by atoms with Crippen LogP contribution in [0.15, 0.2) is 42.6 Å². The van der Waals surface area contributed by atoms with E-state index in [9.17, 15) is 0 Å². The second-order valence-electron chi connectivity index (χ2n) is 4.03. The first-order valence-electron chi connectivity index (χ1n) is 5.46. The van der Waals surface area contributed by atoms with Gasteiger partial charge in [0.05, 0.1) is 0 Å². The van der Waals surface area contributed by atoms with Gasteiger partial charge in [0.2, 0.25) is 0 Å². The first-order valence-corrected chi connectivity index (χ1v) is 5.46. The van der Waals surface area contributed by atoms with Crippen LogP contribution in [-0.4, -0.2) is 4.98 Å². The van der Waals surface area contributed by atoms with E-state index in [1.54, 1.807) is 0 Å². The van der Waals surface area contributed by atoms with Crippen molar-refractivity contribution in [2.75, 3.05) is 5.32 Å². The number of rotatable bonds is 3. The highest BCUT2D eigenvalue weighted by molar-refractivity contribution is 5.44. The zero-order valence-electron chi connectivity index (χ0n) is 9.70. The van der Waals surface area contributed by atoms with Crippen molar-refractivity contribution in [1.29, 1.82) is 0 Å². The van der Waals surface area contributed by atoms with Crippen LogP contribution in [0, 0.1) is 13.8 Å². The van der Waals surface area contributed by atoms with E-state index in [0.717, 1.165) is 17.9 Å². The molecule has 82 valence electrons. The molecule has 0 amide bonds. The molecule has 0 aliphatic carbocycles. The first kappa shape index (κ1) is 10.7. The van der Waals surface area contributed by atoms with E-state index in [-0.39, 0.29) is 0 Å². The molecule has 2 rings (SSSR count). The summed E-state index contributed by atoms with van der Waals surface area (Å²) >= 11 is 0. The molecule has 2 heteroatoms. The van der Waals surface area contributed by atoms with Crippen molar-refractivity contribution in [3.05, 3.63) is 59.4 Å². The molecular formula is C14H16N2. The average Bonchev–Trinajstić information content (AvgIpc) is 2.30. The molecule has 0 saturated carbocycles. The maximum Gasteiger partial charge on any atom is 0.0416 e. The summed E-state index contributed by atoms with van der Waals surface area (Å²) in [4.78, 5) is 4.27. The zero-order chi connectivity index (χ0) is 11.4. The predicted molar refractivity (Wildman–Crippen MR) is 67.5 cm³/mol. The molecular weight excluding hydrogens is 196 g/mol. The lowest BCUT2D eigenvalue weighted by Crippen LogP contribution is -1.99. The number of pyridine rings is 1. The number of nitrogens with one attached hydrogen (secondary N) is 1. The van der Waals surface area contributed by atoms with Crippen molar-refractivity contribution < 1.29 is 0 Å². The van der Waals surface area contributed by atoms with E-state index < -0.39 is 0 Å². The second kappa shape index (κ2) is 4.79. The van der Waals surface area contributed by atoms with Crippen LogP contribution in [0.5, 0.6) is 0 Å². The summed E-state index contributed by atoms with van der Waals surface area (Å²) in [6, 6.07) is 12.5. The fraction of sp³-hybridized carbons (Fsp3) is 0.214. The van der Waals surface area contributed by atoms with Gasteiger partial charge in [0.15, 0.2) is 0 Å². The lowest BCUT2D eigenvalue weighted by molar-refractivity contribution is 1.08. The van der Waals surface area contributed by atoms with Crippen molar-refractivity contribution in [2.24, 2.45) is 0 Å². The Morgan fingerprint density at radius 3 is 2.38 bits per heavy atom. The number of aromatic nitrogens is 1. The summed E-state index contributed by atoms with van der Waals surface area (Å²) in [6.45, 7) is 4.90. The minimum absolute atomic E-state index is 0.816. The molecule has 0 spiro atoms. The molecule has 1 heterocycles. The second-order valence-corrected chi connectivity index (χ2v) is 4.03.